The second kappa shape index (κ2) is 8.16. The molecule has 2 aromatic heterocycles. The molecule has 8 heteroatoms. The summed E-state index contributed by atoms with van der Waals surface area (Å²) in [6, 6.07) is 9.27. The van der Waals surface area contributed by atoms with Crippen molar-refractivity contribution in [2.24, 2.45) is 0 Å². The molecule has 0 saturated carbocycles. The number of hydrogen-bond acceptors (Lipinski definition) is 6. The van der Waals surface area contributed by atoms with E-state index in [9.17, 15) is 9.59 Å². The fraction of sp³-hybridized carbons (Fsp3) is 0.333. The normalized spacial score (nSPS) is 16.6. The van der Waals surface area contributed by atoms with Crippen LogP contribution in [0, 0.1) is 6.92 Å². The molecule has 0 aliphatic carbocycles. The number of carbonyl (C=O) groups is 2. The summed E-state index contributed by atoms with van der Waals surface area (Å²) >= 11 is 1.49. The second-order valence-electron chi connectivity index (χ2n) is 7.24. The highest BCUT2D eigenvalue weighted by molar-refractivity contribution is 7.12. The van der Waals surface area contributed by atoms with E-state index in [2.05, 4.69) is 15.5 Å². The van der Waals surface area contributed by atoms with Gasteiger partial charge in [0.25, 0.3) is 5.91 Å². The number of hydrogen-bond donors (Lipinski definition) is 1. The fourth-order valence-electron chi connectivity index (χ4n) is 3.52. The van der Waals surface area contributed by atoms with Gasteiger partial charge in [0, 0.05) is 31.3 Å². The van der Waals surface area contributed by atoms with Crippen LogP contribution in [0.1, 0.15) is 46.8 Å². The Bertz CT molecular complexity index is 1020. The summed E-state index contributed by atoms with van der Waals surface area (Å²) in [5.41, 5.74) is 2.55. The third-order valence-electron chi connectivity index (χ3n) is 5.02. The molecule has 0 spiro atoms. The standard InChI is InChI=1S/C21H22N4O3S/c1-13-9-11-29-18(13)21(27)25-10-3-4-16(12-25)20-23-19(24-28-20)15-5-7-17(8-6-15)22-14(2)26/h5-9,11,16H,3-4,10,12H2,1-2H3,(H,22,26)/t16-/m1/s1. The highest BCUT2D eigenvalue weighted by Gasteiger charge is 2.30. The summed E-state index contributed by atoms with van der Waals surface area (Å²) in [4.78, 5) is 31.2. The van der Waals surface area contributed by atoms with E-state index in [0.717, 1.165) is 41.1 Å². The van der Waals surface area contributed by atoms with Crippen molar-refractivity contribution >= 4 is 28.8 Å². The molecule has 0 unspecified atom stereocenters. The number of nitrogens with zero attached hydrogens (tertiary/aromatic N) is 3. The van der Waals surface area contributed by atoms with Crippen LogP contribution in [0.2, 0.25) is 0 Å². The van der Waals surface area contributed by atoms with Crippen LogP contribution in [-0.2, 0) is 4.79 Å². The molecule has 3 aromatic rings. The summed E-state index contributed by atoms with van der Waals surface area (Å²) in [5, 5.41) is 8.79. The third-order valence-corrected chi connectivity index (χ3v) is 6.02. The third kappa shape index (κ3) is 4.22. The minimum absolute atomic E-state index is 0.0351. The van der Waals surface area contributed by atoms with Crippen LogP contribution in [0.3, 0.4) is 0 Å². The quantitative estimate of drug-likeness (QED) is 0.700. The minimum atomic E-state index is -0.117. The summed E-state index contributed by atoms with van der Waals surface area (Å²) in [7, 11) is 0. The molecule has 150 valence electrons. The highest BCUT2D eigenvalue weighted by Crippen LogP contribution is 2.29. The number of nitrogens with one attached hydrogen (secondary N) is 1. The molecule has 1 N–H and O–H groups in total. The maximum atomic E-state index is 12.8. The van der Waals surface area contributed by atoms with Crippen molar-refractivity contribution in [3.05, 3.63) is 52.0 Å². The Morgan fingerprint density at radius 1 is 1.24 bits per heavy atom. The predicted octanol–water partition coefficient (Wildman–Crippen LogP) is 4.08. The Labute approximate surface area is 172 Å². The maximum absolute atomic E-state index is 12.8. The first-order valence-electron chi connectivity index (χ1n) is 9.56. The molecule has 3 heterocycles. The molecular weight excluding hydrogens is 388 g/mol. The van der Waals surface area contributed by atoms with E-state index in [-0.39, 0.29) is 17.7 Å². The Kier molecular flexibility index (Phi) is 5.44. The Hall–Kier alpha value is -3.00. The number of thiophene rings is 1. The van der Waals surface area contributed by atoms with Crippen molar-refractivity contribution < 1.29 is 14.1 Å². The number of piperidine rings is 1. The van der Waals surface area contributed by atoms with Crippen LogP contribution in [-0.4, -0.2) is 39.9 Å². The molecule has 1 fully saturated rings. The topological polar surface area (TPSA) is 88.3 Å². The first-order valence-corrected chi connectivity index (χ1v) is 10.4. The molecule has 29 heavy (non-hydrogen) atoms. The van der Waals surface area contributed by atoms with Crippen molar-refractivity contribution in [3.8, 4) is 11.4 Å². The Morgan fingerprint density at radius 3 is 2.72 bits per heavy atom. The Balaban J connectivity index is 1.47. The van der Waals surface area contributed by atoms with Crippen molar-refractivity contribution in [1.29, 1.82) is 0 Å². The lowest BCUT2D eigenvalue weighted by Crippen LogP contribution is -2.39. The van der Waals surface area contributed by atoms with Crippen molar-refractivity contribution in [2.75, 3.05) is 18.4 Å². The number of carbonyl (C=O) groups excluding carboxylic acids is 2. The first-order chi connectivity index (χ1) is 14.0. The summed E-state index contributed by atoms with van der Waals surface area (Å²) < 4.78 is 5.53. The fourth-order valence-corrected chi connectivity index (χ4v) is 4.41. The summed E-state index contributed by atoms with van der Waals surface area (Å²) in [6.07, 6.45) is 1.82. The molecule has 1 saturated heterocycles. The average Bonchev–Trinajstić information content (AvgIpc) is 3.37. The number of benzene rings is 1. The monoisotopic (exact) mass is 410 g/mol. The maximum Gasteiger partial charge on any atom is 0.264 e. The van der Waals surface area contributed by atoms with E-state index < -0.39 is 0 Å². The number of amides is 2. The summed E-state index contributed by atoms with van der Waals surface area (Å²) in [6.45, 7) is 4.77. The predicted molar refractivity (Wildman–Crippen MR) is 111 cm³/mol. The molecule has 0 radical (unpaired) electrons. The average molecular weight is 410 g/mol. The molecule has 1 aromatic carbocycles. The van der Waals surface area contributed by atoms with Gasteiger partial charge in [-0.25, -0.2) is 0 Å². The zero-order valence-corrected chi connectivity index (χ0v) is 17.2. The lowest BCUT2D eigenvalue weighted by Gasteiger charge is -2.30. The SMILES string of the molecule is CC(=O)Nc1ccc(-c2noc([C@@H]3CCCN(C(=O)c4sccc4C)C3)n2)cc1. The lowest BCUT2D eigenvalue weighted by atomic mass is 9.97. The number of aryl methyl sites for hydroxylation is 1. The number of aromatic nitrogens is 2. The molecule has 2 amide bonds. The van der Waals surface area contributed by atoms with E-state index in [1.807, 2.05) is 35.4 Å². The van der Waals surface area contributed by atoms with Gasteiger partial charge in [0.15, 0.2) is 0 Å². The van der Waals surface area contributed by atoms with Crippen molar-refractivity contribution in [2.45, 2.75) is 32.6 Å². The van der Waals surface area contributed by atoms with Crippen LogP contribution in [0.15, 0.2) is 40.2 Å². The van der Waals surface area contributed by atoms with Crippen LogP contribution >= 0.6 is 11.3 Å². The minimum Gasteiger partial charge on any atom is -0.339 e. The van der Waals surface area contributed by atoms with E-state index in [1.54, 1.807) is 12.1 Å². The van der Waals surface area contributed by atoms with Gasteiger partial charge >= 0.3 is 0 Å². The van der Waals surface area contributed by atoms with E-state index in [0.29, 0.717) is 18.3 Å². The zero-order valence-electron chi connectivity index (χ0n) is 16.3. The zero-order chi connectivity index (χ0) is 20.4. The van der Waals surface area contributed by atoms with Gasteiger partial charge in [0.2, 0.25) is 17.6 Å². The van der Waals surface area contributed by atoms with E-state index in [4.69, 9.17) is 4.52 Å². The van der Waals surface area contributed by atoms with Gasteiger partial charge in [-0.15, -0.1) is 11.3 Å². The molecule has 7 nitrogen and oxygen atoms in total. The number of rotatable bonds is 4. The van der Waals surface area contributed by atoms with Crippen LogP contribution in [0.5, 0.6) is 0 Å². The van der Waals surface area contributed by atoms with Gasteiger partial charge in [-0.2, -0.15) is 4.98 Å². The highest BCUT2D eigenvalue weighted by atomic mass is 32.1. The molecule has 1 atom stereocenters. The van der Waals surface area contributed by atoms with Gasteiger partial charge in [-0.3, -0.25) is 9.59 Å². The van der Waals surface area contributed by atoms with Crippen LogP contribution in [0.4, 0.5) is 5.69 Å². The first kappa shape index (κ1) is 19.3. The van der Waals surface area contributed by atoms with Gasteiger partial charge in [-0.1, -0.05) is 5.16 Å². The van der Waals surface area contributed by atoms with E-state index in [1.165, 1.54) is 18.3 Å². The van der Waals surface area contributed by atoms with Crippen LogP contribution < -0.4 is 5.32 Å². The van der Waals surface area contributed by atoms with Gasteiger partial charge < -0.3 is 14.7 Å². The smallest absolute Gasteiger partial charge is 0.264 e. The second-order valence-corrected chi connectivity index (χ2v) is 8.15. The van der Waals surface area contributed by atoms with Gasteiger partial charge in [-0.05, 0) is 61.0 Å². The molecule has 1 aliphatic heterocycles. The van der Waals surface area contributed by atoms with Crippen molar-refractivity contribution in [1.82, 2.24) is 15.0 Å². The van der Waals surface area contributed by atoms with Crippen molar-refractivity contribution in [3.63, 3.8) is 0 Å². The largest absolute Gasteiger partial charge is 0.339 e. The van der Waals surface area contributed by atoms with Crippen LogP contribution in [0.25, 0.3) is 11.4 Å². The number of likely N-dealkylation sites (tertiary alicyclic amines) is 1. The molecule has 0 bridgehead atoms. The Morgan fingerprint density at radius 2 is 2.03 bits per heavy atom. The molecular formula is C21H22N4O3S. The van der Waals surface area contributed by atoms with E-state index >= 15 is 0 Å². The number of anilines is 1. The molecule has 1 aliphatic rings. The molecule has 4 rings (SSSR count). The lowest BCUT2D eigenvalue weighted by molar-refractivity contribution is -0.114. The summed E-state index contributed by atoms with van der Waals surface area (Å²) in [5.74, 6) is 1.07. The van der Waals surface area contributed by atoms with Gasteiger partial charge in [0.1, 0.15) is 0 Å². The van der Waals surface area contributed by atoms with Gasteiger partial charge in [0.05, 0.1) is 10.8 Å².